The van der Waals surface area contributed by atoms with Crippen LogP contribution in [0.15, 0.2) is 28.7 Å². The van der Waals surface area contributed by atoms with E-state index in [4.69, 9.17) is 9.47 Å². The third kappa shape index (κ3) is 4.85. The van der Waals surface area contributed by atoms with Crippen molar-refractivity contribution < 1.29 is 19.1 Å². The van der Waals surface area contributed by atoms with Crippen molar-refractivity contribution in [2.24, 2.45) is 0 Å². The second kappa shape index (κ2) is 10.3. The van der Waals surface area contributed by atoms with Crippen molar-refractivity contribution in [1.29, 1.82) is 0 Å². The second-order valence-electron chi connectivity index (χ2n) is 7.76. The maximum absolute atomic E-state index is 12.7. The largest absolute Gasteiger partial charge is 0.482 e. The number of ether oxygens (including phenoxy) is 2. The van der Waals surface area contributed by atoms with Crippen LogP contribution in [0.2, 0.25) is 0 Å². The molecule has 0 bridgehead atoms. The number of halogens is 1. The van der Waals surface area contributed by atoms with Gasteiger partial charge in [-0.1, -0.05) is 13.3 Å². The molecule has 0 atom stereocenters. The van der Waals surface area contributed by atoms with Gasteiger partial charge in [0.2, 0.25) is 0 Å². The molecule has 3 aromatic rings. The highest BCUT2D eigenvalue weighted by molar-refractivity contribution is 9.10. The first kappa shape index (κ1) is 23.9. The van der Waals surface area contributed by atoms with Gasteiger partial charge < -0.3 is 14.0 Å². The number of esters is 1. The van der Waals surface area contributed by atoms with E-state index in [9.17, 15) is 9.59 Å². The molecule has 0 aliphatic rings. The Hall–Kier alpha value is -2.74. The summed E-state index contributed by atoms with van der Waals surface area (Å²) in [7, 11) is 0. The van der Waals surface area contributed by atoms with Gasteiger partial charge in [0.15, 0.2) is 6.61 Å². The number of rotatable bonds is 9. The highest BCUT2D eigenvalue weighted by atomic mass is 79.9. The van der Waals surface area contributed by atoms with Crippen molar-refractivity contribution in [3.63, 3.8) is 0 Å². The molecule has 0 saturated heterocycles. The Morgan fingerprint density at radius 2 is 1.78 bits per heavy atom. The molecule has 8 heteroatoms. The molecule has 0 unspecified atom stereocenters. The van der Waals surface area contributed by atoms with Crippen LogP contribution in [0, 0.1) is 20.8 Å². The summed E-state index contributed by atoms with van der Waals surface area (Å²) < 4.78 is 15.7. The number of hydrogen-bond donors (Lipinski definition) is 1. The van der Waals surface area contributed by atoms with Gasteiger partial charge in [-0.05, 0) is 74.3 Å². The number of aryl methyl sites for hydroxylation is 3. The van der Waals surface area contributed by atoms with Gasteiger partial charge in [-0.3, -0.25) is 14.9 Å². The highest BCUT2D eigenvalue weighted by Crippen LogP contribution is 2.35. The summed E-state index contributed by atoms with van der Waals surface area (Å²) in [5, 5.41) is 0.757. The number of benzene rings is 1. The van der Waals surface area contributed by atoms with Crippen LogP contribution in [0.25, 0.3) is 10.9 Å². The number of aromatic nitrogens is 2. The van der Waals surface area contributed by atoms with Crippen molar-refractivity contribution in [3.8, 4) is 5.75 Å². The summed E-state index contributed by atoms with van der Waals surface area (Å²) >= 11 is 3.56. The van der Waals surface area contributed by atoms with Gasteiger partial charge in [0, 0.05) is 29.0 Å². The minimum absolute atomic E-state index is 0.161. The standard InChI is InChI=1S/C24H30BrN3O4/c1-6-8-11-27-17(5)23(24(30)31-7-2)18-12-21(19(25)13-20(18)27)32-14-22(29)26-28-15(3)9-10-16(28)4/h9-10,12-13H,6-8,11,14H2,1-5H3,(H,26,29). The minimum Gasteiger partial charge on any atom is -0.482 e. The van der Waals surface area contributed by atoms with Crippen LogP contribution >= 0.6 is 15.9 Å². The van der Waals surface area contributed by atoms with Gasteiger partial charge in [-0.15, -0.1) is 0 Å². The first-order chi connectivity index (χ1) is 15.3. The zero-order valence-corrected chi connectivity index (χ0v) is 20.8. The van der Waals surface area contributed by atoms with Crippen LogP contribution in [0.1, 0.15) is 54.1 Å². The van der Waals surface area contributed by atoms with Crippen LogP contribution in [-0.4, -0.2) is 34.3 Å². The molecule has 1 N–H and O–H groups in total. The average Bonchev–Trinajstić information content (AvgIpc) is 3.20. The Labute approximate surface area is 196 Å². The first-order valence-corrected chi connectivity index (χ1v) is 11.6. The van der Waals surface area contributed by atoms with E-state index < -0.39 is 0 Å². The van der Waals surface area contributed by atoms with E-state index in [1.807, 2.05) is 39.0 Å². The van der Waals surface area contributed by atoms with E-state index in [0.29, 0.717) is 17.9 Å². The van der Waals surface area contributed by atoms with Crippen LogP contribution in [0.3, 0.4) is 0 Å². The van der Waals surface area contributed by atoms with Gasteiger partial charge in [-0.2, -0.15) is 0 Å². The molecule has 1 amide bonds. The Kier molecular flexibility index (Phi) is 7.66. The molecule has 1 aromatic carbocycles. The van der Waals surface area contributed by atoms with E-state index in [-0.39, 0.29) is 18.5 Å². The summed E-state index contributed by atoms with van der Waals surface area (Å²) in [6.45, 7) is 10.7. The van der Waals surface area contributed by atoms with Crippen molar-refractivity contribution in [2.75, 3.05) is 18.6 Å². The zero-order chi connectivity index (χ0) is 23.4. The number of carbonyl (C=O) groups excluding carboxylic acids is 2. The lowest BCUT2D eigenvalue weighted by Crippen LogP contribution is -2.29. The quantitative estimate of drug-likeness (QED) is 0.404. The minimum atomic E-state index is -0.352. The van der Waals surface area contributed by atoms with E-state index in [0.717, 1.165) is 51.8 Å². The number of fused-ring (bicyclic) bond motifs is 1. The molecule has 32 heavy (non-hydrogen) atoms. The molecule has 0 fully saturated rings. The lowest BCUT2D eigenvalue weighted by Gasteiger charge is -2.13. The summed E-state index contributed by atoms with van der Waals surface area (Å²) in [4.78, 5) is 25.2. The summed E-state index contributed by atoms with van der Waals surface area (Å²) in [6, 6.07) is 7.61. The summed E-state index contributed by atoms with van der Waals surface area (Å²) in [5.41, 5.74) is 7.03. The van der Waals surface area contributed by atoms with Gasteiger partial charge in [0.05, 0.1) is 22.2 Å². The van der Waals surface area contributed by atoms with Crippen LogP contribution in [0.4, 0.5) is 0 Å². The highest BCUT2D eigenvalue weighted by Gasteiger charge is 2.23. The molecule has 172 valence electrons. The Balaban J connectivity index is 1.91. The molecule has 0 radical (unpaired) electrons. The molecular weight excluding hydrogens is 474 g/mol. The normalized spacial score (nSPS) is 11.1. The van der Waals surface area contributed by atoms with Gasteiger partial charge >= 0.3 is 5.97 Å². The van der Waals surface area contributed by atoms with E-state index >= 15 is 0 Å². The van der Waals surface area contributed by atoms with Gasteiger partial charge in [-0.25, -0.2) is 4.79 Å². The second-order valence-corrected chi connectivity index (χ2v) is 8.62. The monoisotopic (exact) mass is 503 g/mol. The Morgan fingerprint density at radius 3 is 2.41 bits per heavy atom. The Morgan fingerprint density at radius 1 is 1.09 bits per heavy atom. The number of unbranched alkanes of at least 4 members (excludes halogenated alkanes) is 1. The van der Waals surface area contributed by atoms with Crippen LogP contribution in [0.5, 0.6) is 5.75 Å². The maximum atomic E-state index is 12.7. The fourth-order valence-electron chi connectivity index (χ4n) is 3.80. The van der Waals surface area contributed by atoms with Crippen molar-refractivity contribution >= 4 is 38.7 Å². The van der Waals surface area contributed by atoms with Crippen LogP contribution in [-0.2, 0) is 16.1 Å². The topological polar surface area (TPSA) is 74.5 Å². The van der Waals surface area contributed by atoms with Crippen molar-refractivity contribution in [2.45, 2.75) is 54.0 Å². The molecule has 2 aromatic heterocycles. The molecule has 0 aliphatic heterocycles. The Bertz CT molecular complexity index is 1130. The summed E-state index contributed by atoms with van der Waals surface area (Å²) in [5.74, 6) is -0.136. The number of carbonyl (C=O) groups is 2. The van der Waals surface area contributed by atoms with Gasteiger partial charge in [0.1, 0.15) is 5.75 Å². The number of nitrogens with zero attached hydrogens (tertiary/aromatic N) is 2. The van der Waals surface area contributed by atoms with Crippen LogP contribution < -0.4 is 10.2 Å². The molecule has 0 saturated carbocycles. The first-order valence-electron chi connectivity index (χ1n) is 10.9. The molecule has 2 heterocycles. The van der Waals surface area contributed by atoms with Crippen molar-refractivity contribution in [3.05, 3.63) is 51.4 Å². The summed E-state index contributed by atoms with van der Waals surface area (Å²) in [6.07, 6.45) is 2.05. The fourth-order valence-corrected chi connectivity index (χ4v) is 4.24. The number of amides is 1. The predicted molar refractivity (Wildman–Crippen MR) is 129 cm³/mol. The van der Waals surface area contributed by atoms with E-state index in [1.165, 1.54) is 0 Å². The molecular formula is C24H30BrN3O4. The van der Waals surface area contributed by atoms with E-state index in [2.05, 4.69) is 32.8 Å². The van der Waals surface area contributed by atoms with E-state index in [1.54, 1.807) is 17.7 Å². The zero-order valence-electron chi connectivity index (χ0n) is 19.3. The lowest BCUT2D eigenvalue weighted by molar-refractivity contribution is -0.119. The molecule has 0 aliphatic carbocycles. The molecule has 3 rings (SSSR count). The predicted octanol–water partition coefficient (Wildman–Crippen LogP) is 5.26. The fraction of sp³-hybridized carbons (Fsp3) is 0.417. The lowest BCUT2D eigenvalue weighted by atomic mass is 10.1. The van der Waals surface area contributed by atoms with Crippen molar-refractivity contribution in [1.82, 2.24) is 9.24 Å². The SMILES string of the molecule is CCCCn1c(C)c(C(=O)OCC)c2cc(OCC(=O)Nn3c(C)ccc3C)c(Br)cc21. The third-order valence-corrected chi connectivity index (χ3v) is 6.08. The molecule has 0 spiro atoms. The average molecular weight is 504 g/mol. The van der Waals surface area contributed by atoms with Gasteiger partial charge in [0.25, 0.3) is 5.91 Å². The number of hydrogen-bond acceptors (Lipinski definition) is 4. The molecule has 7 nitrogen and oxygen atoms in total. The smallest absolute Gasteiger partial charge is 0.340 e. The third-order valence-electron chi connectivity index (χ3n) is 5.46. The number of nitrogens with one attached hydrogen (secondary N) is 1. The maximum Gasteiger partial charge on any atom is 0.340 e.